The smallest absolute Gasteiger partial charge is 0.271 e. The van der Waals surface area contributed by atoms with Crippen molar-refractivity contribution in [2.24, 2.45) is 0 Å². The molecular formula is C20H21N5O4. The number of rotatable bonds is 6. The lowest BCUT2D eigenvalue weighted by Gasteiger charge is -2.33. The van der Waals surface area contributed by atoms with Gasteiger partial charge >= 0.3 is 0 Å². The summed E-state index contributed by atoms with van der Waals surface area (Å²) in [7, 11) is 0. The monoisotopic (exact) mass is 395 g/mol. The second kappa shape index (κ2) is 8.89. The van der Waals surface area contributed by atoms with Crippen LogP contribution in [0.5, 0.6) is 0 Å². The van der Waals surface area contributed by atoms with Gasteiger partial charge in [0.2, 0.25) is 0 Å². The summed E-state index contributed by atoms with van der Waals surface area (Å²) in [6.45, 7) is 0.186. The third kappa shape index (κ3) is 4.82. The molecule has 9 heteroatoms. The Balaban J connectivity index is 1.33. The Kier molecular flexibility index (Phi) is 5.87. The number of nitrogens with one attached hydrogen (secondary N) is 1. The average Bonchev–Trinajstić information content (AvgIpc) is 3.23. The van der Waals surface area contributed by atoms with Crippen LogP contribution in [-0.4, -0.2) is 56.0 Å². The maximum absolute atomic E-state index is 12.1. The van der Waals surface area contributed by atoms with Gasteiger partial charge in [-0.3, -0.25) is 14.8 Å². The number of aliphatic hydroxyl groups excluding tert-OH is 1. The first kappa shape index (κ1) is 19.2. The van der Waals surface area contributed by atoms with E-state index in [-0.39, 0.29) is 24.2 Å². The molecule has 1 aliphatic heterocycles. The highest BCUT2D eigenvalue weighted by atomic mass is 16.5. The van der Waals surface area contributed by atoms with Gasteiger partial charge in [-0.05, 0) is 25.0 Å². The molecule has 0 aromatic carbocycles. The maximum atomic E-state index is 12.1. The first-order chi connectivity index (χ1) is 14.2. The van der Waals surface area contributed by atoms with Crippen molar-refractivity contribution in [2.75, 3.05) is 6.54 Å². The number of ether oxygens (including phenoxy) is 1. The SMILES string of the molecule is O=C(NC[C@H]1O[C@H](Cc2cc(-c3ccccn3)on2)CC[C@@H]1O)c1cnccn1. The lowest BCUT2D eigenvalue weighted by Crippen LogP contribution is -2.46. The van der Waals surface area contributed by atoms with E-state index in [1.54, 1.807) is 6.20 Å². The van der Waals surface area contributed by atoms with Crippen LogP contribution in [0.25, 0.3) is 11.5 Å². The van der Waals surface area contributed by atoms with Crippen molar-refractivity contribution in [3.05, 3.63) is 60.4 Å². The molecule has 0 unspecified atom stereocenters. The molecule has 150 valence electrons. The Bertz CT molecular complexity index is 934. The minimum atomic E-state index is -0.644. The summed E-state index contributed by atoms with van der Waals surface area (Å²) >= 11 is 0. The molecule has 4 rings (SSSR count). The quantitative estimate of drug-likeness (QED) is 0.642. The number of nitrogens with zero attached hydrogens (tertiary/aromatic N) is 4. The Morgan fingerprint density at radius 2 is 2.14 bits per heavy atom. The van der Waals surface area contributed by atoms with Gasteiger partial charge in [-0.15, -0.1) is 0 Å². The van der Waals surface area contributed by atoms with Crippen molar-refractivity contribution >= 4 is 5.91 Å². The largest absolute Gasteiger partial charge is 0.390 e. The topological polar surface area (TPSA) is 123 Å². The van der Waals surface area contributed by atoms with E-state index in [1.807, 2.05) is 24.3 Å². The van der Waals surface area contributed by atoms with E-state index in [1.165, 1.54) is 18.6 Å². The number of aliphatic hydroxyl groups is 1. The minimum Gasteiger partial charge on any atom is -0.390 e. The highest BCUT2D eigenvalue weighted by Crippen LogP contribution is 2.24. The zero-order chi connectivity index (χ0) is 20.1. The van der Waals surface area contributed by atoms with Crippen LogP contribution >= 0.6 is 0 Å². The predicted molar refractivity (Wildman–Crippen MR) is 102 cm³/mol. The normalized spacial score (nSPS) is 21.6. The van der Waals surface area contributed by atoms with Crippen LogP contribution in [0.15, 0.2) is 53.6 Å². The van der Waals surface area contributed by atoms with Crippen LogP contribution in [0.2, 0.25) is 0 Å². The van der Waals surface area contributed by atoms with Crippen LogP contribution in [0.4, 0.5) is 0 Å². The molecule has 1 amide bonds. The maximum Gasteiger partial charge on any atom is 0.271 e. The van der Waals surface area contributed by atoms with E-state index in [0.717, 1.165) is 11.4 Å². The molecule has 0 saturated carbocycles. The van der Waals surface area contributed by atoms with E-state index in [2.05, 4.69) is 25.4 Å². The van der Waals surface area contributed by atoms with E-state index >= 15 is 0 Å². The lowest BCUT2D eigenvalue weighted by atomic mass is 9.98. The molecule has 4 heterocycles. The molecule has 1 aliphatic rings. The summed E-state index contributed by atoms with van der Waals surface area (Å²) in [6, 6.07) is 7.43. The fourth-order valence-electron chi connectivity index (χ4n) is 3.25. The fourth-order valence-corrected chi connectivity index (χ4v) is 3.25. The molecule has 3 aromatic heterocycles. The number of aromatic nitrogens is 4. The van der Waals surface area contributed by atoms with Gasteiger partial charge in [-0.2, -0.15) is 0 Å². The predicted octanol–water partition coefficient (Wildman–Crippen LogP) is 1.41. The van der Waals surface area contributed by atoms with E-state index in [9.17, 15) is 9.90 Å². The highest BCUT2D eigenvalue weighted by Gasteiger charge is 2.31. The molecule has 3 aromatic rings. The van der Waals surface area contributed by atoms with Crippen LogP contribution in [0.1, 0.15) is 29.0 Å². The molecule has 1 fully saturated rings. The van der Waals surface area contributed by atoms with Gasteiger partial charge in [0.15, 0.2) is 5.76 Å². The van der Waals surface area contributed by atoms with Crippen molar-refractivity contribution in [3.63, 3.8) is 0 Å². The Morgan fingerprint density at radius 1 is 1.21 bits per heavy atom. The Labute approximate surface area is 167 Å². The van der Waals surface area contributed by atoms with Crippen molar-refractivity contribution < 1.29 is 19.2 Å². The van der Waals surface area contributed by atoms with Crippen LogP contribution in [0, 0.1) is 0 Å². The Hall–Kier alpha value is -3.17. The van der Waals surface area contributed by atoms with Crippen LogP contribution in [-0.2, 0) is 11.2 Å². The average molecular weight is 395 g/mol. The molecular weight excluding hydrogens is 374 g/mol. The molecule has 0 spiro atoms. The number of carbonyl (C=O) groups excluding carboxylic acids is 1. The Morgan fingerprint density at radius 3 is 2.93 bits per heavy atom. The van der Waals surface area contributed by atoms with Gasteiger partial charge in [-0.1, -0.05) is 11.2 Å². The van der Waals surface area contributed by atoms with E-state index < -0.39 is 12.2 Å². The second-order valence-corrected chi connectivity index (χ2v) is 6.84. The number of amides is 1. The van der Waals surface area contributed by atoms with Gasteiger partial charge < -0.3 is 19.7 Å². The van der Waals surface area contributed by atoms with Crippen LogP contribution < -0.4 is 5.32 Å². The van der Waals surface area contributed by atoms with Crippen molar-refractivity contribution in [1.82, 2.24) is 25.4 Å². The van der Waals surface area contributed by atoms with Crippen LogP contribution in [0.3, 0.4) is 0 Å². The number of pyridine rings is 1. The molecule has 3 atom stereocenters. The lowest BCUT2D eigenvalue weighted by molar-refractivity contribution is -0.114. The third-order valence-electron chi connectivity index (χ3n) is 4.75. The molecule has 0 radical (unpaired) electrons. The minimum absolute atomic E-state index is 0.126. The molecule has 29 heavy (non-hydrogen) atoms. The summed E-state index contributed by atoms with van der Waals surface area (Å²) in [5.74, 6) is 0.247. The summed E-state index contributed by atoms with van der Waals surface area (Å²) in [6.07, 6.45) is 6.60. The van der Waals surface area contributed by atoms with Gasteiger partial charge in [0.1, 0.15) is 17.5 Å². The second-order valence-electron chi connectivity index (χ2n) is 6.84. The van der Waals surface area contributed by atoms with Crippen molar-refractivity contribution in [3.8, 4) is 11.5 Å². The van der Waals surface area contributed by atoms with Gasteiger partial charge in [-0.25, -0.2) is 4.98 Å². The molecule has 1 saturated heterocycles. The zero-order valence-electron chi connectivity index (χ0n) is 15.6. The fraction of sp³-hybridized carbons (Fsp3) is 0.350. The molecule has 0 aliphatic carbocycles. The van der Waals surface area contributed by atoms with E-state index in [4.69, 9.17) is 9.26 Å². The summed E-state index contributed by atoms with van der Waals surface area (Å²) in [5.41, 5.74) is 1.70. The molecule has 9 nitrogen and oxygen atoms in total. The summed E-state index contributed by atoms with van der Waals surface area (Å²) in [4.78, 5) is 24.2. The summed E-state index contributed by atoms with van der Waals surface area (Å²) in [5, 5.41) is 17.1. The first-order valence-corrected chi connectivity index (χ1v) is 9.44. The number of hydrogen-bond acceptors (Lipinski definition) is 8. The third-order valence-corrected chi connectivity index (χ3v) is 4.75. The molecule has 0 bridgehead atoms. The highest BCUT2D eigenvalue weighted by molar-refractivity contribution is 5.91. The standard InChI is InChI=1S/C20H21N5O4/c26-17-5-4-14(9-13-10-18(29-25-13)15-3-1-2-6-22-15)28-19(17)12-24-20(27)16-11-21-7-8-23-16/h1-3,6-8,10-11,14,17,19,26H,4-5,9,12H2,(H,24,27)/t14-,17-,19+/m0/s1. The summed E-state index contributed by atoms with van der Waals surface area (Å²) < 4.78 is 11.4. The van der Waals surface area contributed by atoms with Crippen molar-refractivity contribution in [1.29, 1.82) is 0 Å². The van der Waals surface area contributed by atoms with Gasteiger partial charge in [0.25, 0.3) is 5.91 Å². The van der Waals surface area contributed by atoms with Gasteiger partial charge in [0, 0.05) is 37.6 Å². The molecule has 2 N–H and O–H groups in total. The van der Waals surface area contributed by atoms with Gasteiger partial charge in [0.05, 0.1) is 24.1 Å². The number of hydrogen-bond donors (Lipinski definition) is 2. The number of carbonyl (C=O) groups is 1. The van der Waals surface area contributed by atoms with E-state index in [0.29, 0.717) is 25.0 Å². The first-order valence-electron chi connectivity index (χ1n) is 9.44. The zero-order valence-corrected chi connectivity index (χ0v) is 15.6. The van der Waals surface area contributed by atoms with Crippen molar-refractivity contribution in [2.45, 2.75) is 37.6 Å².